The van der Waals surface area contributed by atoms with Gasteiger partial charge in [0.25, 0.3) is 0 Å². The molecule has 0 bridgehead atoms. The van der Waals surface area contributed by atoms with Crippen LogP contribution in [0.4, 0.5) is 4.39 Å². The van der Waals surface area contributed by atoms with Crippen LogP contribution in [0.2, 0.25) is 0 Å². The monoisotopic (exact) mass is 396 g/mol. The van der Waals surface area contributed by atoms with Crippen molar-refractivity contribution in [1.82, 2.24) is 10.3 Å². The first-order chi connectivity index (χ1) is 12.5. The molecule has 0 aliphatic carbocycles. The van der Waals surface area contributed by atoms with Crippen molar-refractivity contribution in [3.8, 4) is 0 Å². The van der Waals surface area contributed by atoms with E-state index in [-0.39, 0.29) is 29.4 Å². The average Bonchev–Trinajstić information content (AvgIpc) is 3.03. The number of aromatic nitrogens is 1. The van der Waals surface area contributed by atoms with Crippen molar-refractivity contribution in [2.24, 2.45) is 0 Å². The highest BCUT2D eigenvalue weighted by Crippen LogP contribution is 2.27. The van der Waals surface area contributed by atoms with E-state index < -0.39 is 0 Å². The van der Waals surface area contributed by atoms with Crippen molar-refractivity contribution in [3.05, 3.63) is 46.7 Å². The molecular weight excluding hydrogens is 375 g/mol. The van der Waals surface area contributed by atoms with Gasteiger partial charge in [0.1, 0.15) is 5.82 Å². The van der Waals surface area contributed by atoms with E-state index in [1.54, 1.807) is 24.4 Å². The van der Waals surface area contributed by atoms with Crippen molar-refractivity contribution in [2.45, 2.75) is 36.3 Å². The normalized spacial score (nSPS) is 11.8. The molecule has 0 spiro atoms. The van der Waals surface area contributed by atoms with Gasteiger partial charge in [-0.2, -0.15) is 0 Å². The Morgan fingerprint density at radius 2 is 2.08 bits per heavy atom. The number of hydrogen-bond acceptors (Lipinski definition) is 6. The molecule has 1 atom stereocenters. The number of esters is 1. The number of hydrogen-bond donors (Lipinski definition) is 1. The van der Waals surface area contributed by atoms with Gasteiger partial charge in [0.05, 0.1) is 24.0 Å². The molecular formula is C18H21FN2O3S2. The van der Waals surface area contributed by atoms with Crippen molar-refractivity contribution in [3.63, 3.8) is 0 Å². The Labute approximate surface area is 160 Å². The molecule has 1 heterocycles. The van der Waals surface area contributed by atoms with E-state index in [0.29, 0.717) is 25.3 Å². The Morgan fingerprint density at radius 3 is 2.77 bits per heavy atom. The second kappa shape index (κ2) is 10.3. The molecule has 1 N–H and O–H groups in total. The second-order valence-corrected chi connectivity index (χ2v) is 7.96. The van der Waals surface area contributed by atoms with Crippen molar-refractivity contribution >= 4 is 35.0 Å². The number of halogens is 1. The van der Waals surface area contributed by atoms with Crippen LogP contribution in [0, 0.1) is 5.82 Å². The molecule has 0 radical (unpaired) electrons. The Balaban J connectivity index is 1.75. The maximum atomic E-state index is 12.9. The number of benzene rings is 1. The standard InChI is InChI=1S/C18H21FN2O3S2/c1-3-24-16(22)10-15-11-25-18(21-15)26-12(2)17(23)20-9-8-13-4-6-14(19)7-5-13/h4-7,11-12H,3,8-10H2,1-2H3,(H,20,23)/t12-/m0/s1. The van der Waals surface area contributed by atoms with Crippen molar-refractivity contribution in [2.75, 3.05) is 13.2 Å². The predicted octanol–water partition coefficient (Wildman–Crippen LogP) is 3.23. The summed E-state index contributed by atoms with van der Waals surface area (Å²) >= 11 is 2.76. The molecule has 26 heavy (non-hydrogen) atoms. The summed E-state index contributed by atoms with van der Waals surface area (Å²) in [6.07, 6.45) is 0.785. The van der Waals surface area contributed by atoms with Crippen LogP contribution in [0.3, 0.4) is 0 Å². The molecule has 1 amide bonds. The number of nitrogens with one attached hydrogen (secondary N) is 1. The molecule has 2 rings (SSSR count). The molecule has 140 valence electrons. The van der Waals surface area contributed by atoms with Gasteiger partial charge >= 0.3 is 5.97 Å². The van der Waals surface area contributed by atoms with Gasteiger partial charge in [-0.1, -0.05) is 23.9 Å². The summed E-state index contributed by atoms with van der Waals surface area (Å²) in [5.74, 6) is -0.659. The first kappa shape index (κ1) is 20.4. The highest BCUT2D eigenvalue weighted by molar-refractivity contribution is 8.02. The van der Waals surface area contributed by atoms with Gasteiger partial charge in [-0.25, -0.2) is 9.37 Å². The van der Waals surface area contributed by atoms with Crippen LogP contribution in [-0.2, 0) is 27.2 Å². The number of nitrogens with zero attached hydrogens (tertiary/aromatic N) is 1. The van der Waals surface area contributed by atoms with E-state index in [0.717, 1.165) is 9.90 Å². The van der Waals surface area contributed by atoms with Gasteiger partial charge in [0.2, 0.25) is 5.91 Å². The zero-order valence-corrected chi connectivity index (χ0v) is 16.3. The highest BCUT2D eigenvalue weighted by Gasteiger charge is 2.17. The van der Waals surface area contributed by atoms with Gasteiger partial charge in [0, 0.05) is 11.9 Å². The fourth-order valence-electron chi connectivity index (χ4n) is 2.11. The molecule has 0 fully saturated rings. The third kappa shape index (κ3) is 6.76. The molecule has 5 nitrogen and oxygen atoms in total. The Bertz CT molecular complexity index is 734. The maximum absolute atomic E-state index is 12.9. The van der Waals surface area contributed by atoms with Gasteiger partial charge in [-0.3, -0.25) is 9.59 Å². The zero-order chi connectivity index (χ0) is 18.9. The van der Waals surface area contributed by atoms with E-state index in [1.807, 2.05) is 6.92 Å². The van der Waals surface area contributed by atoms with E-state index in [9.17, 15) is 14.0 Å². The van der Waals surface area contributed by atoms with Crippen LogP contribution in [0.5, 0.6) is 0 Å². The SMILES string of the molecule is CCOC(=O)Cc1csc(S[C@@H](C)C(=O)NCCc2ccc(F)cc2)n1. The Kier molecular flexibility index (Phi) is 8.06. The van der Waals surface area contributed by atoms with Gasteiger partial charge in [-0.05, 0) is 38.0 Å². The minimum Gasteiger partial charge on any atom is -0.466 e. The third-order valence-electron chi connectivity index (χ3n) is 3.43. The minimum atomic E-state index is -0.305. The quantitative estimate of drug-likeness (QED) is 0.521. The van der Waals surface area contributed by atoms with Crippen molar-refractivity contribution < 1.29 is 18.7 Å². The van der Waals surface area contributed by atoms with E-state index >= 15 is 0 Å². The van der Waals surface area contributed by atoms with Crippen LogP contribution < -0.4 is 5.32 Å². The largest absolute Gasteiger partial charge is 0.466 e. The topological polar surface area (TPSA) is 68.3 Å². The first-order valence-corrected chi connectivity index (χ1v) is 10.0. The molecule has 0 saturated carbocycles. The number of amides is 1. The van der Waals surface area contributed by atoms with E-state index in [2.05, 4.69) is 10.3 Å². The number of thiazole rings is 1. The summed E-state index contributed by atoms with van der Waals surface area (Å²) in [7, 11) is 0. The van der Waals surface area contributed by atoms with E-state index in [4.69, 9.17) is 4.74 Å². The lowest BCUT2D eigenvalue weighted by atomic mass is 10.1. The summed E-state index contributed by atoms with van der Waals surface area (Å²) in [4.78, 5) is 28.0. The molecule has 1 aromatic heterocycles. The number of ether oxygens (including phenoxy) is 1. The number of carbonyl (C=O) groups is 2. The Morgan fingerprint density at radius 1 is 1.35 bits per heavy atom. The fourth-order valence-corrected chi connectivity index (χ4v) is 4.12. The van der Waals surface area contributed by atoms with E-state index in [1.165, 1.54) is 35.2 Å². The van der Waals surface area contributed by atoms with Crippen LogP contribution in [0.25, 0.3) is 0 Å². The van der Waals surface area contributed by atoms with Gasteiger partial charge in [-0.15, -0.1) is 11.3 Å². The summed E-state index contributed by atoms with van der Waals surface area (Å²) in [5.41, 5.74) is 1.62. The summed E-state index contributed by atoms with van der Waals surface area (Å²) < 4.78 is 18.5. The minimum absolute atomic E-state index is 0.0840. The first-order valence-electron chi connectivity index (χ1n) is 8.26. The third-order valence-corrected chi connectivity index (χ3v) is 5.56. The summed E-state index contributed by atoms with van der Waals surface area (Å²) in [6.45, 7) is 4.40. The maximum Gasteiger partial charge on any atom is 0.311 e. The lowest BCUT2D eigenvalue weighted by molar-refractivity contribution is -0.142. The highest BCUT2D eigenvalue weighted by atomic mass is 32.2. The van der Waals surface area contributed by atoms with Gasteiger partial charge < -0.3 is 10.1 Å². The molecule has 2 aromatic rings. The molecule has 8 heteroatoms. The molecule has 0 saturated heterocycles. The van der Waals surface area contributed by atoms with Crippen LogP contribution in [-0.4, -0.2) is 35.3 Å². The molecule has 0 aliphatic rings. The predicted molar refractivity (Wildman–Crippen MR) is 101 cm³/mol. The second-order valence-electron chi connectivity index (χ2n) is 5.51. The molecule has 0 unspecified atom stereocenters. The summed E-state index contributed by atoms with van der Waals surface area (Å²) in [6, 6.07) is 6.23. The average molecular weight is 397 g/mol. The van der Waals surface area contributed by atoms with Crippen molar-refractivity contribution in [1.29, 1.82) is 0 Å². The zero-order valence-electron chi connectivity index (χ0n) is 14.7. The van der Waals surface area contributed by atoms with Crippen LogP contribution in [0.15, 0.2) is 34.0 Å². The van der Waals surface area contributed by atoms with Crippen LogP contribution >= 0.6 is 23.1 Å². The Hall–Kier alpha value is -1.93. The van der Waals surface area contributed by atoms with Gasteiger partial charge in [0.15, 0.2) is 4.34 Å². The number of thioether (sulfide) groups is 1. The fraction of sp³-hybridized carbons (Fsp3) is 0.389. The summed E-state index contributed by atoms with van der Waals surface area (Å²) in [5, 5.41) is 4.37. The number of carbonyl (C=O) groups excluding carboxylic acids is 2. The molecule has 1 aromatic carbocycles. The number of rotatable bonds is 9. The smallest absolute Gasteiger partial charge is 0.311 e. The lowest BCUT2D eigenvalue weighted by Gasteiger charge is -2.10. The van der Waals surface area contributed by atoms with Crippen LogP contribution in [0.1, 0.15) is 25.1 Å². The lowest BCUT2D eigenvalue weighted by Crippen LogP contribution is -2.32. The molecule has 0 aliphatic heterocycles.